The molecule has 11 rings (SSSR count). The number of benzene rings is 11. The molecule has 0 aliphatic carbocycles. The number of ether oxygens (including phenoxy) is 5. The molecule has 0 aliphatic rings. The zero-order chi connectivity index (χ0) is 59.7. The van der Waals surface area contributed by atoms with Crippen LogP contribution in [-0.4, -0.2) is 26.4 Å². The molecule has 10 nitrogen and oxygen atoms in total. The Bertz CT molecular complexity index is 3930. The number of aromatic hydroxyl groups is 1. The van der Waals surface area contributed by atoms with Crippen LogP contribution in [0.1, 0.15) is 22.3 Å². The smallest absolute Gasteiger partial charge is 0.171 e. The fourth-order valence-corrected chi connectivity index (χ4v) is 9.57. The molecule has 13 heteroatoms. The first-order valence-electron chi connectivity index (χ1n) is 26.4. The van der Waals surface area contributed by atoms with Crippen LogP contribution in [0.3, 0.4) is 0 Å². The van der Waals surface area contributed by atoms with Crippen molar-refractivity contribution in [1.82, 2.24) is 0 Å². The van der Waals surface area contributed by atoms with E-state index in [0.29, 0.717) is 23.0 Å². The van der Waals surface area contributed by atoms with Crippen molar-refractivity contribution in [3.63, 3.8) is 0 Å². The zero-order valence-electron chi connectivity index (χ0n) is 46.6. The first-order chi connectivity index (χ1) is 41.6. The summed E-state index contributed by atoms with van der Waals surface area (Å²) >= 11 is 11.3. The minimum atomic E-state index is 0. The van der Waals surface area contributed by atoms with E-state index in [-0.39, 0.29) is 68.1 Å². The second-order valence-electron chi connectivity index (χ2n) is 18.7. The Labute approximate surface area is 521 Å². The maximum atomic E-state index is 10.7. The topological polar surface area (TPSA) is 162 Å². The second kappa shape index (κ2) is 29.5. The molecule has 0 aromatic heterocycles. The molecule has 86 heavy (non-hydrogen) atoms. The van der Waals surface area contributed by atoms with Gasteiger partial charge in [0, 0.05) is 64.1 Å². The molecule has 0 saturated heterocycles. The number of hydrogen-bond acceptors (Lipinski definition) is 10. The minimum Gasteiger partial charge on any atom is -0.507 e. The summed E-state index contributed by atoms with van der Waals surface area (Å²) in [6.07, 6.45) is 0. The quantitative estimate of drug-likeness (QED) is 0.118. The predicted octanol–water partition coefficient (Wildman–Crippen LogP) is 19.2. The number of phenolic OH excluding ortho intramolecular Hbond substituents is 1. The normalized spacial score (nSPS) is 10.1. The number of halogens is 2. The van der Waals surface area contributed by atoms with Crippen LogP contribution >= 0.6 is 23.2 Å². The molecular formula is C73H50Cl2N4O6V. The standard InChI is InChI=1S/C46H32N2O4.C19H16O2.C8H2Cl2N2.V/c1-49-37-25-39(31-15-7-3-8-16-31)45(40(26-37)32-17-9-4-10-18-32)51-43-23-35(29-47)36(30-48)24-44(43)52-46-41(33-19-11-5-12-20-33)27-38(50-2)28-42(46)34-21-13-6-14-22-34;1-21-16-12-17(14-8-4-2-5-9-14)19(20)18(13-16)15-10-6-3-7-11-15;9-7-1-5(3-11)6(4-12)2-8(7)10;/h3-28H,1-2H3;2-13,20H,1H3;1-2H;. The van der Waals surface area contributed by atoms with Crippen molar-refractivity contribution in [1.29, 1.82) is 21.0 Å². The van der Waals surface area contributed by atoms with E-state index in [9.17, 15) is 15.6 Å². The number of phenols is 1. The molecule has 0 saturated carbocycles. The Morgan fingerprint density at radius 3 is 0.744 bits per heavy atom. The fourth-order valence-electron chi connectivity index (χ4n) is 9.25. The van der Waals surface area contributed by atoms with Gasteiger partial charge < -0.3 is 28.8 Å². The number of nitrogens with zero attached hydrogens (tertiary/aromatic N) is 4. The van der Waals surface area contributed by atoms with Crippen LogP contribution in [0.5, 0.6) is 46.0 Å². The largest absolute Gasteiger partial charge is 0.507 e. The summed E-state index contributed by atoms with van der Waals surface area (Å²) in [7, 11) is 4.90. The van der Waals surface area contributed by atoms with Gasteiger partial charge in [0.15, 0.2) is 11.5 Å². The Balaban J connectivity index is 0.000000230. The Hall–Kier alpha value is -10.7. The number of methoxy groups -OCH3 is 3. The molecule has 0 aliphatic heterocycles. The van der Waals surface area contributed by atoms with Crippen LogP contribution in [0.25, 0.3) is 66.8 Å². The fraction of sp³-hybridized carbons (Fsp3) is 0.0411. The summed E-state index contributed by atoms with van der Waals surface area (Å²) in [6, 6.07) is 84.5. The molecule has 0 amide bonds. The third-order valence-electron chi connectivity index (χ3n) is 13.5. The molecule has 417 valence electrons. The van der Waals surface area contributed by atoms with Crippen molar-refractivity contribution in [2.45, 2.75) is 0 Å². The van der Waals surface area contributed by atoms with Crippen LogP contribution in [-0.2, 0) is 18.6 Å². The predicted molar refractivity (Wildman–Crippen MR) is 335 cm³/mol. The van der Waals surface area contributed by atoms with E-state index in [0.717, 1.165) is 72.5 Å². The average molecular weight is 1200 g/mol. The number of rotatable bonds is 13. The van der Waals surface area contributed by atoms with E-state index in [1.165, 1.54) is 12.1 Å². The maximum Gasteiger partial charge on any atom is 0.171 e. The average Bonchev–Trinajstić information content (AvgIpc) is 1.21. The van der Waals surface area contributed by atoms with E-state index in [4.69, 9.17) is 57.4 Å². The Morgan fingerprint density at radius 2 is 0.523 bits per heavy atom. The molecule has 0 unspecified atom stereocenters. The van der Waals surface area contributed by atoms with Gasteiger partial charge in [0.05, 0.1) is 53.6 Å². The second-order valence-corrected chi connectivity index (χ2v) is 19.5. The van der Waals surface area contributed by atoms with Gasteiger partial charge in [-0.15, -0.1) is 0 Å². The molecule has 0 atom stereocenters. The summed E-state index contributed by atoms with van der Waals surface area (Å²) < 4.78 is 30.9. The Morgan fingerprint density at radius 1 is 0.314 bits per heavy atom. The maximum absolute atomic E-state index is 10.7. The number of nitriles is 4. The molecule has 0 bridgehead atoms. The minimum absolute atomic E-state index is 0. The van der Waals surface area contributed by atoms with E-state index < -0.39 is 0 Å². The first-order valence-corrected chi connectivity index (χ1v) is 27.1. The first kappa shape index (κ1) is 61.4. The van der Waals surface area contributed by atoms with Crippen molar-refractivity contribution in [2.75, 3.05) is 21.3 Å². The van der Waals surface area contributed by atoms with Crippen molar-refractivity contribution in [2.24, 2.45) is 0 Å². The van der Waals surface area contributed by atoms with Crippen LogP contribution < -0.4 is 23.7 Å². The van der Waals surface area contributed by atoms with Crippen molar-refractivity contribution < 1.29 is 47.3 Å². The van der Waals surface area contributed by atoms with Crippen LogP contribution in [0.15, 0.2) is 243 Å². The van der Waals surface area contributed by atoms with Crippen LogP contribution in [0.2, 0.25) is 10.0 Å². The van der Waals surface area contributed by atoms with Gasteiger partial charge in [0.25, 0.3) is 0 Å². The van der Waals surface area contributed by atoms with Gasteiger partial charge in [0.2, 0.25) is 0 Å². The van der Waals surface area contributed by atoms with Gasteiger partial charge in [-0.25, -0.2) is 0 Å². The van der Waals surface area contributed by atoms with Gasteiger partial charge in [0.1, 0.15) is 58.8 Å². The summed E-state index contributed by atoms with van der Waals surface area (Å²) in [5.74, 6) is 3.86. The molecular weight excluding hydrogens is 1150 g/mol. The van der Waals surface area contributed by atoms with Gasteiger partial charge in [-0.05, 0) is 81.9 Å². The Kier molecular flexibility index (Phi) is 21.1. The molecule has 1 radical (unpaired) electrons. The monoisotopic (exact) mass is 1200 g/mol. The SMILES string of the molecule is COc1cc(-c2ccccc2)c(O)c(-c2ccccc2)c1.COc1cc(-c2ccccc2)c(Oc2cc(C#N)c(C#N)cc2Oc2c(-c3ccccc3)cc(OC)cc2-c2ccccc2)c(-c2ccccc2)c1.N#Cc1cc(Cl)c(Cl)cc1C#N.[V]. The van der Waals surface area contributed by atoms with Gasteiger partial charge in [-0.1, -0.05) is 205 Å². The van der Waals surface area contributed by atoms with E-state index in [2.05, 4.69) is 12.1 Å². The van der Waals surface area contributed by atoms with Crippen molar-refractivity contribution in [3.05, 3.63) is 275 Å². The van der Waals surface area contributed by atoms with Gasteiger partial charge in [-0.3, -0.25) is 0 Å². The van der Waals surface area contributed by atoms with E-state index in [1.54, 1.807) is 33.5 Å². The third-order valence-corrected chi connectivity index (χ3v) is 14.2. The summed E-state index contributed by atoms with van der Waals surface area (Å²) in [5, 5.41) is 48.7. The molecule has 11 aromatic carbocycles. The van der Waals surface area contributed by atoms with Crippen LogP contribution in [0, 0.1) is 45.3 Å². The number of hydrogen-bond donors (Lipinski definition) is 1. The van der Waals surface area contributed by atoms with Gasteiger partial charge in [-0.2, -0.15) is 21.0 Å². The van der Waals surface area contributed by atoms with Gasteiger partial charge >= 0.3 is 0 Å². The summed E-state index contributed by atoms with van der Waals surface area (Å²) in [5.41, 5.74) is 11.0. The zero-order valence-corrected chi connectivity index (χ0v) is 49.5. The summed E-state index contributed by atoms with van der Waals surface area (Å²) in [4.78, 5) is 0. The molecule has 0 spiro atoms. The molecule has 1 N–H and O–H groups in total. The molecule has 0 fully saturated rings. The summed E-state index contributed by atoms with van der Waals surface area (Å²) in [6.45, 7) is 0. The van der Waals surface area contributed by atoms with Crippen molar-refractivity contribution >= 4 is 23.2 Å². The third kappa shape index (κ3) is 14.4. The van der Waals surface area contributed by atoms with E-state index in [1.807, 2.05) is 231 Å². The molecule has 0 heterocycles. The van der Waals surface area contributed by atoms with Crippen molar-refractivity contribution in [3.8, 4) is 137 Å². The van der Waals surface area contributed by atoms with Crippen LogP contribution in [0.4, 0.5) is 0 Å². The molecule has 11 aromatic rings. The van der Waals surface area contributed by atoms with E-state index >= 15 is 0 Å².